The Morgan fingerprint density at radius 1 is 1.18 bits per heavy atom. The van der Waals surface area contributed by atoms with Crippen molar-refractivity contribution in [3.8, 4) is 5.75 Å². The summed E-state index contributed by atoms with van der Waals surface area (Å²) in [4.78, 5) is 12.8. The number of carbonyl (C=O) groups excluding carboxylic acids is 1. The Bertz CT molecular complexity index is 808. The van der Waals surface area contributed by atoms with Gasteiger partial charge in [-0.25, -0.2) is 0 Å². The van der Waals surface area contributed by atoms with Crippen LogP contribution in [0.1, 0.15) is 50.7 Å². The molecule has 0 bridgehead atoms. The number of benzene rings is 2. The van der Waals surface area contributed by atoms with Gasteiger partial charge in [-0.1, -0.05) is 62.7 Å². The summed E-state index contributed by atoms with van der Waals surface area (Å²) in [5.41, 5.74) is 1.71. The molecular weight excluding hydrogens is 350 g/mol. The molecule has 4 heteroatoms. The molecule has 1 atom stereocenters. The maximum Gasteiger partial charge on any atom is 0.255 e. The highest BCUT2D eigenvalue weighted by Crippen LogP contribution is 2.45. The standard InChI is InChI=1S/C24H29NO3/c1-3-7-18(2)17-28-21-12-10-19(11-13-21)22(16-26)23(27)25-24(14-15-24)20-8-5-4-6-9-20/h4-6,8-13,16,18,26H,3,7,14-15,17H2,1-2H3,(H,25,27). The average Bonchev–Trinajstić information content (AvgIpc) is 3.49. The molecule has 0 radical (unpaired) electrons. The van der Waals surface area contributed by atoms with Gasteiger partial charge in [-0.05, 0) is 48.4 Å². The molecule has 2 aromatic rings. The first-order valence-electron chi connectivity index (χ1n) is 10.0. The van der Waals surface area contributed by atoms with Crippen molar-refractivity contribution in [2.24, 2.45) is 5.92 Å². The summed E-state index contributed by atoms with van der Waals surface area (Å²) in [7, 11) is 0. The van der Waals surface area contributed by atoms with Crippen LogP contribution in [0.15, 0.2) is 60.9 Å². The predicted octanol–water partition coefficient (Wildman–Crippen LogP) is 5.21. The lowest BCUT2D eigenvalue weighted by atomic mass is 10.0. The molecule has 4 nitrogen and oxygen atoms in total. The van der Waals surface area contributed by atoms with Crippen LogP contribution in [0.5, 0.6) is 5.75 Å². The SMILES string of the molecule is CCCC(C)COc1ccc(C(=CO)C(=O)NC2(c3ccccc3)CC2)cc1. The van der Waals surface area contributed by atoms with E-state index in [-0.39, 0.29) is 17.0 Å². The van der Waals surface area contributed by atoms with Crippen LogP contribution in [-0.4, -0.2) is 17.6 Å². The van der Waals surface area contributed by atoms with E-state index in [0.29, 0.717) is 18.1 Å². The van der Waals surface area contributed by atoms with E-state index in [9.17, 15) is 9.90 Å². The predicted molar refractivity (Wildman–Crippen MR) is 112 cm³/mol. The Balaban J connectivity index is 1.64. The van der Waals surface area contributed by atoms with Crippen molar-refractivity contribution < 1.29 is 14.6 Å². The van der Waals surface area contributed by atoms with Gasteiger partial charge in [0.25, 0.3) is 5.91 Å². The highest BCUT2D eigenvalue weighted by Gasteiger charge is 2.45. The number of hydrogen-bond donors (Lipinski definition) is 2. The first-order chi connectivity index (χ1) is 13.6. The van der Waals surface area contributed by atoms with Gasteiger partial charge in [0.1, 0.15) is 5.75 Å². The number of ether oxygens (including phenoxy) is 1. The summed E-state index contributed by atoms with van der Waals surface area (Å²) in [5, 5.41) is 12.8. The second-order valence-corrected chi connectivity index (χ2v) is 7.67. The summed E-state index contributed by atoms with van der Waals surface area (Å²) in [6.07, 6.45) is 4.98. The summed E-state index contributed by atoms with van der Waals surface area (Å²) >= 11 is 0. The number of carbonyl (C=O) groups is 1. The summed E-state index contributed by atoms with van der Waals surface area (Å²) in [5.74, 6) is 1.01. The van der Waals surface area contributed by atoms with E-state index in [1.54, 1.807) is 0 Å². The molecule has 2 N–H and O–H groups in total. The van der Waals surface area contributed by atoms with Crippen LogP contribution in [-0.2, 0) is 10.3 Å². The third-order valence-corrected chi connectivity index (χ3v) is 5.28. The van der Waals surface area contributed by atoms with Gasteiger partial charge in [-0.3, -0.25) is 4.79 Å². The van der Waals surface area contributed by atoms with Crippen molar-refractivity contribution >= 4 is 11.5 Å². The molecule has 1 aliphatic carbocycles. The molecular formula is C24H29NO3. The maximum absolute atomic E-state index is 12.8. The topological polar surface area (TPSA) is 58.6 Å². The summed E-state index contributed by atoms with van der Waals surface area (Å²) < 4.78 is 5.82. The quantitative estimate of drug-likeness (QED) is 0.465. The Morgan fingerprint density at radius 2 is 1.86 bits per heavy atom. The summed E-state index contributed by atoms with van der Waals surface area (Å²) in [6, 6.07) is 17.3. The fraction of sp³-hybridized carbons (Fsp3) is 0.375. The van der Waals surface area contributed by atoms with Crippen molar-refractivity contribution in [1.29, 1.82) is 0 Å². The van der Waals surface area contributed by atoms with Crippen LogP contribution in [0, 0.1) is 5.92 Å². The largest absolute Gasteiger partial charge is 0.515 e. The van der Waals surface area contributed by atoms with Crippen LogP contribution in [0.4, 0.5) is 0 Å². The second-order valence-electron chi connectivity index (χ2n) is 7.67. The first kappa shape index (κ1) is 20.0. The number of aliphatic hydroxyl groups is 1. The molecule has 0 aliphatic heterocycles. The molecule has 2 aromatic carbocycles. The first-order valence-corrected chi connectivity index (χ1v) is 10.0. The molecule has 0 saturated heterocycles. The van der Waals surface area contributed by atoms with Crippen molar-refractivity contribution in [3.05, 3.63) is 72.0 Å². The molecule has 1 fully saturated rings. The monoisotopic (exact) mass is 379 g/mol. The van der Waals surface area contributed by atoms with Crippen molar-refractivity contribution in [2.45, 2.75) is 45.1 Å². The third kappa shape index (κ3) is 4.75. The lowest BCUT2D eigenvalue weighted by Gasteiger charge is -2.19. The van der Waals surface area contributed by atoms with E-state index >= 15 is 0 Å². The second kappa shape index (κ2) is 8.96. The summed E-state index contributed by atoms with van der Waals surface area (Å²) in [6.45, 7) is 5.02. The van der Waals surface area contributed by atoms with E-state index in [1.165, 1.54) is 0 Å². The highest BCUT2D eigenvalue weighted by molar-refractivity contribution is 6.19. The van der Waals surface area contributed by atoms with Gasteiger partial charge in [0.15, 0.2) is 0 Å². The lowest BCUT2D eigenvalue weighted by Crippen LogP contribution is -2.35. The van der Waals surface area contributed by atoms with E-state index in [0.717, 1.165) is 43.3 Å². The number of nitrogens with one attached hydrogen (secondary N) is 1. The van der Waals surface area contributed by atoms with Crippen LogP contribution >= 0.6 is 0 Å². The molecule has 28 heavy (non-hydrogen) atoms. The van der Waals surface area contributed by atoms with Gasteiger partial charge in [0.05, 0.1) is 24.0 Å². The number of hydrogen-bond acceptors (Lipinski definition) is 3. The van der Waals surface area contributed by atoms with E-state index in [2.05, 4.69) is 19.2 Å². The maximum atomic E-state index is 12.8. The molecule has 1 saturated carbocycles. The molecule has 0 heterocycles. The number of amides is 1. The molecule has 0 spiro atoms. The Labute approximate surface area is 167 Å². The van der Waals surface area contributed by atoms with Gasteiger partial charge in [-0.2, -0.15) is 0 Å². The average molecular weight is 380 g/mol. The van der Waals surface area contributed by atoms with Crippen LogP contribution in [0.3, 0.4) is 0 Å². The fourth-order valence-electron chi connectivity index (χ4n) is 3.46. The molecule has 0 aromatic heterocycles. The fourth-order valence-corrected chi connectivity index (χ4v) is 3.46. The molecule has 148 valence electrons. The minimum Gasteiger partial charge on any atom is -0.515 e. The number of aliphatic hydroxyl groups excluding tert-OH is 1. The zero-order valence-electron chi connectivity index (χ0n) is 16.7. The highest BCUT2D eigenvalue weighted by atomic mass is 16.5. The molecule has 1 amide bonds. The van der Waals surface area contributed by atoms with E-state index in [4.69, 9.17) is 4.74 Å². The molecule has 1 unspecified atom stereocenters. The van der Waals surface area contributed by atoms with Gasteiger partial charge in [0, 0.05) is 0 Å². The Kier molecular flexibility index (Phi) is 6.40. The van der Waals surface area contributed by atoms with E-state index < -0.39 is 0 Å². The van der Waals surface area contributed by atoms with Gasteiger partial charge >= 0.3 is 0 Å². The zero-order valence-corrected chi connectivity index (χ0v) is 16.7. The van der Waals surface area contributed by atoms with Crippen molar-refractivity contribution in [2.75, 3.05) is 6.61 Å². The van der Waals surface area contributed by atoms with Gasteiger partial charge in [0.2, 0.25) is 0 Å². The normalized spacial score (nSPS) is 16.3. The molecule has 1 aliphatic rings. The Hall–Kier alpha value is -2.75. The van der Waals surface area contributed by atoms with Crippen molar-refractivity contribution in [1.82, 2.24) is 5.32 Å². The smallest absolute Gasteiger partial charge is 0.255 e. The lowest BCUT2D eigenvalue weighted by molar-refractivity contribution is -0.116. The van der Waals surface area contributed by atoms with Crippen LogP contribution < -0.4 is 10.1 Å². The van der Waals surface area contributed by atoms with Gasteiger partial charge in [-0.15, -0.1) is 0 Å². The minimum atomic E-state index is -0.314. The zero-order chi connectivity index (χ0) is 20.0. The number of rotatable bonds is 9. The minimum absolute atomic E-state index is 0.258. The van der Waals surface area contributed by atoms with Crippen LogP contribution in [0.2, 0.25) is 0 Å². The van der Waals surface area contributed by atoms with E-state index in [1.807, 2.05) is 54.6 Å². The van der Waals surface area contributed by atoms with Crippen LogP contribution in [0.25, 0.3) is 5.57 Å². The van der Waals surface area contributed by atoms with Crippen molar-refractivity contribution in [3.63, 3.8) is 0 Å². The van der Waals surface area contributed by atoms with Gasteiger partial charge < -0.3 is 15.2 Å². The third-order valence-electron chi connectivity index (χ3n) is 5.28. The Morgan fingerprint density at radius 3 is 2.43 bits per heavy atom. The molecule has 3 rings (SSSR count).